The Kier molecular flexibility index (Phi) is 9.06. The van der Waals surface area contributed by atoms with Crippen molar-refractivity contribution >= 4 is 11.8 Å². The van der Waals surface area contributed by atoms with Gasteiger partial charge in [0.05, 0.1) is 32.8 Å². The molecule has 0 saturated carbocycles. The summed E-state index contributed by atoms with van der Waals surface area (Å²) in [6.45, 7) is 2.38. The summed E-state index contributed by atoms with van der Waals surface area (Å²) in [5, 5.41) is 45.8. The molecular formula is C12H25N2O6+. The highest BCUT2D eigenvalue weighted by Crippen LogP contribution is 1.95. The summed E-state index contributed by atoms with van der Waals surface area (Å²) in [5.41, 5.74) is 0. The van der Waals surface area contributed by atoms with E-state index in [1.807, 2.05) is 0 Å². The molecule has 118 valence electrons. The lowest BCUT2D eigenvalue weighted by Gasteiger charge is -2.22. The molecule has 0 aromatic carbocycles. The Morgan fingerprint density at radius 3 is 2.10 bits per heavy atom. The van der Waals surface area contributed by atoms with Gasteiger partial charge < -0.3 is 30.4 Å². The quantitative estimate of drug-likeness (QED) is 0.182. The summed E-state index contributed by atoms with van der Waals surface area (Å²) in [6, 6.07) is 0. The van der Waals surface area contributed by atoms with Crippen molar-refractivity contribution in [3.63, 3.8) is 0 Å². The van der Waals surface area contributed by atoms with Gasteiger partial charge in [-0.2, -0.15) is 4.58 Å². The molecule has 20 heavy (non-hydrogen) atoms. The predicted molar refractivity (Wildman–Crippen MR) is 71.7 cm³/mol. The first kappa shape index (κ1) is 18.8. The summed E-state index contributed by atoms with van der Waals surface area (Å²) in [7, 11) is 0. The van der Waals surface area contributed by atoms with E-state index in [1.54, 1.807) is 0 Å². The van der Waals surface area contributed by atoms with E-state index in [0.717, 1.165) is 0 Å². The third-order valence-electron chi connectivity index (χ3n) is 2.83. The van der Waals surface area contributed by atoms with Gasteiger partial charge in [-0.3, -0.25) is 4.79 Å². The molecule has 0 aliphatic carbocycles. The third kappa shape index (κ3) is 7.39. The highest BCUT2D eigenvalue weighted by molar-refractivity contribution is 5.73. The zero-order chi connectivity index (χ0) is 15.7. The molecule has 0 bridgehead atoms. The minimum atomic E-state index is -1.02. The van der Waals surface area contributed by atoms with Gasteiger partial charge in [-0.25, -0.2) is 0 Å². The number of carbonyl (C=O) groups excluding carboxylic acids is 1. The summed E-state index contributed by atoms with van der Waals surface area (Å²) >= 11 is 0. The zero-order valence-corrected chi connectivity index (χ0v) is 11.9. The van der Waals surface area contributed by atoms with Crippen LogP contribution in [0.5, 0.6) is 0 Å². The van der Waals surface area contributed by atoms with E-state index in [2.05, 4.69) is 0 Å². The topological polar surface area (TPSA) is 124 Å². The van der Waals surface area contributed by atoms with Gasteiger partial charge in [0.15, 0.2) is 13.1 Å². The van der Waals surface area contributed by atoms with Crippen molar-refractivity contribution < 1.29 is 34.9 Å². The Labute approximate surface area is 118 Å². The molecule has 2 unspecified atom stereocenters. The van der Waals surface area contributed by atoms with Gasteiger partial charge in [-0.1, -0.05) is 0 Å². The lowest BCUT2D eigenvalue weighted by molar-refractivity contribution is -0.544. The first-order valence-corrected chi connectivity index (χ1v) is 6.42. The van der Waals surface area contributed by atoms with Crippen molar-refractivity contribution in [2.45, 2.75) is 26.1 Å². The van der Waals surface area contributed by atoms with E-state index in [4.69, 9.17) is 10.2 Å². The molecule has 0 aliphatic rings. The second-order valence-corrected chi connectivity index (χ2v) is 4.63. The summed E-state index contributed by atoms with van der Waals surface area (Å²) < 4.78 is 1.42. The Hall–Kier alpha value is -1.22. The summed E-state index contributed by atoms with van der Waals surface area (Å²) in [5.74, 6) is -0.306. The maximum absolute atomic E-state index is 11.4. The van der Waals surface area contributed by atoms with E-state index in [-0.39, 0.29) is 38.0 Å². The van der Waals surface area contributed by atoms with Gasteiger partial charge in [0.25, 0.3) is 0 Å². The van der Waals surface area contributed by atoms with Crippen LogP contribution >= 0.6 is 0 Å². The van der Waals surface area contributed by atoms with Crippen LogP contribution in [0.1, 0.15) is 13.8 Å². The van der Waals surface area contributed by atoms with Crippen molar-refractivity contribution in [3.8, 4) is 0 Å². The maximum Gasteiger partial charge on any atom is 0.330 e. The molecule has 0 heterocycles. The van der Waals surface area contributed by atoms with Crippen LogP contribution in [-0.2, 0) is 4.79 Å². The van der Waals surface area contributed by atoms with Gasteiger partial charge in [0.1, 0.15) is 6.10 Å². The molecule has 0 fully saturated rings. The number of aliphatic hydroxyl groups excluding tert-OH is 5. The van der Waals surface area contributed by atoms with Crippen LogP contribution < -0.4 is 0 Å². The molecule has 0 radical (unpaired) electrons. The Balaban J connectivity index is 4.57. The minimum absolute atomic E-state index is 0.00724. The van der Waals surface area contributed by atoms with E-state index >= 15 is 0 Å². The lowest BCUT2D eigenvalue weighted by Crippen LogP contribution is -2.42. The highest BCUT2D eigenvalue weighted by atomic mass is 16.3. The lowest BCUT2D eigenvalue weighted by atomic mass is 10.3. The molecular weight excluding hydrogens is 268 g/mol. The van der Waals surface area contributed by atoms with Gasteiger partial charge in [0, 0.05) is 13.5 Å². The maximum atomic E-state index is 11.4. The van der Waals surface area contributed by atoms with Crippen LogP contribution in [0.15, 0.2) is 0 Å². The van der Waals surface area contributed by atoms with Crippen molar-refractivity contribution in [2.24, 2.45) is 0 Å². The SMILES string of the molecule is CC(=O)N(CC[N+](CC(O)CO)=C(C)O)CC(O)CO. The molecule has 5 N–H and O–H groups in total. The second-order valence-electron chi connectivity index (χ2n) is 4.63. The fourth-order valence-corrected chi connectivity index (χ4v) is 1.63. The van der Waals surface area contributed by atoms with Crippen LogP contribution in [0.4, 0.5) is 0 Å². The molecule has 0 aliphatic heterocycles. The number of hydrogen-bond acceptors (Lipinski definition) is 5. The van der Waals surface area contributed by atoms with E-state index < -0.39 is 25.4 Å². The van der Waals surface area contributed by atoms with Gasteiger partial charge in [-0.05, 0) is 0 Å². The molecule has 2 atom stereocenters. The first-order valence-electron chi connectivity index (χ1n) is 6.42. The Morgan fingerprint density at radius 1 is 1.15 bits per heavy atom. The number of hydrogen-bond donors (Lipinski definition) is 5. The molecule has 0 rings (SSSR count). The third-order valence-corrected chi connectivity index (χ3v) is 2.83. The molecule has 0 spiro atoms. The smallest absolute Gasteiger partial charge is 0.330 e. The first-order chi connectivity index (χ1) is 9.31. The second kappa shape index (κ2) is 9.65. The van der Waals surface area contributed by atoms with Crippen molar-refractivity contribution in [1.29, 1.82) is 0 Å². The Bertz CT molecular complexity index is 330. The fraction of sp³-hybridized carbons (Fsp3) is 0.833. The van der Waals surface area contributed by atoms with Crippen molar-refractivity contribution in [1.82, 2.24) is 4.90 Å². The van der Waals surface area contributed by atoms with Gasteiger partial charge in [0.2, 0.25) is 5.91 Å². The van der Waals surface area contributed by atoms with Crippen LogP contribution in [0.2, 0.25) is 0 Å². The largest absolute Gasteiger partial charge is 0.464 e. The van der Waals surface area contributed by atoms with E-state index in [0.29, 0.717) is 0 Å². The minimum Gasteiger partial charge on any atom is -0.464 e. The average molecular weight is 293 g/mol. The summed E-state index contributed by atoms with van der Waals surface area (Å²) in [6.07, 6.45) is -2.01. The summed E-state index contributed by atoms with van der Waals surface area (Å²) in [4.78, 5) is 12.7. The zero-order valence-electron chi connectivity index (χ0n) is 11.9. The Morgan fingerprint density at radius 2 is 1.70 bits per heavy atom. The standard InChI is InChI=1S/C12H24N2O6/c1-9(17)13(5-11(19)7-15)3-4-14(10(2)18)6-12(20)8-16/h11-12,15-16,19-20H,3-8H2,1-2H3/p+1. The molecule has 0 saturated heterocycles. The monoisotopic (exact) mass is 293 g/mol. The number of carbonyl (C=O) groups is 1. The molecule has 8 heteroatoms. The van der Waals surface area contributed by atoms with Crippen LogP contribution in [0.3, 0.4) is 0 Å². The number of amides is 1. The molecule has 0 aromatic heterocycles. The van der Waals surface area contributed by atoms with E-state index in [9.17, 15) is 20.1 Å². The number of rotatable bonds is 9. The number of nitrogens with zero attached hydrogens (tertiary/aromatic N) is 2. The fourth-order valence-electron chi connectivity index (χ4n) is 1.63. The average Bonchev–Trinajstić information content (AvgIpc) is 2.40. The molecule has 1 amide bonds. The van der Waals surface area contributed by atoms with Crippen LogP contribution in [-0.4, -0.2) is 98.4 Å². The molecule has 8 nitrogen and oxygen atoms in total. The van der Waals surface area contributed by atoms with Crippen molar-refractivity contribution in [2.75, 3.05) is 39.4 Å². The van der Waals surface area contributed by atoms with Crippen molar-refractivity contribution in [3.05, 3.63) is 0 Å². The number of aliphatic hydroxyl groups is 5. The van der Waals surface area contributed by atoms with E-state index in [1.165, 1.54) is 23.3 Å². The predicted octanol–water partition coefficient (Wildman–Crippen LogP) is -2.47. The normalized spacial score (nSPS) is 15.5. The van der Waals surface area contributed by atoms with Crippen LogP contribution in [0.25, 0.3) is 0 Å². The highest BCUT2D eigenvalue weighted by Gasteiger charge is 2.19. The van der Waals surface area contributed by atoms with Gasteiger partial charge >= 0.3 is 5.90 Å². The van der Waals surface area contributed by atoms with Gasteiger partial charge in [-0.15, -0.1) is 0 Å². The molecule has 0 aromatic rings. The van der Waals surface area contributed by atoms with Crippen LogP contribution in [0, 0.1) is 0 Å².